The lowest BCUT2D eigenvalue weighted by Gasteiger charge is -2.15. The van der Waals surface area contributed by atoms with Crippen LogP contribution in [-0.4, -0.2) is 9.13 Å². The third-order valence-electron chi connectivity index (χ3n) is 11.3. The van der Waals surface area contributed by atoms with Crippen LogP contribution in [0.2, 0.25) is 0 Å². The first-order chi connectivity index (χ1) is 27.8. The number of hydrogen-bond donors (Lipinski definition) is 0. The molecule has 262 valence electrons. The maximum atomic E-state index is 2.44. The lowest BCUT2D eigenvalue weighted by atomic mass is 9.94. The van der Waals surface area contributed by atoms with E-state index in [2.05, 4.69) is 228 Å². The van der Waals surface area contributed by atoms with E-state index >= 15 is 0 Å². The van der Waals surface area contributed by atoms with E-state index in [0.29, 0.717) is 0 Å². The molecule has 0 spiro atoms. The van der Waals surface area contributed by atoms with E-state index in [1.807, 2.05) is 0 Å². The van der Waals surface area contributed by atoms with Crippen LogP contribution in [0, 0.1) is 0 Å². The summed E-state index contributed by atoms with van der Waals surface area (Å²) in [7, 11) is 0. The Morgan fingerprint density at radius 2 is 0.696 bits per heavy atom. The van der Waals surface area contributed by atoms with Crippen molar-refractivity contribution in [1.29, 1.82) is 0 Å². The van der Waals surface area contributed by atoms with Gasteiger partial charge in [-0.1, -0.05) is 164 Å². The van der Waals surface area contributed by atoms with Gasteiger partial charge in [0.25, 0.3) is 0 Å². The summed E-state index contributed by atoms with van der Waals surface area (Å²) < 4.78 is 4.85. The number of rotatable bonds is 6. The van der Waals surface area contributed by atoms with E-state index in [9.17, 15) is 0 Å². The fourth-order valence-corrected chi connectivity index (χ4v) is 8.71. The largest absolute Gasteiger partial charge is 0.309 e. The predicted octanol–water partition coefficient (Wildman–Crippen LogP) is 14.5. The first kappa shape index (κ1) is 32.0. The van der Waals surface area contributed by atoms with Crippen molar-refractivity contribution in [1.82, 2.24) is 9.13 Å². The van der Waals surface area contributed by atoms with Crippen LogP contribution in [0.25, 0.3) is 99.5 Å². The first-order valence-corrected chi connectivity index (χ1v) is 19.3. The monoisotopic (exact) mass is 712 g/mol. The number of hydrogen-bond acceptors (Lipinski definition) is 0. The Bertz CT molecular complexity index is 3220. The van der Waals surface area contributed by atoms with Gasteiger partial charge in [0.05, 0.1) is 22.1 Å². The zero-order valence-corrected chi connectivity index (χ0v) is 30.7. The molecule has 0 saturated carbocycles. The van der Waals surface area contributed by atoms with Gasteiger partial charge < -0.3 is 9.13 Å². The minimum Gasteiger partial charge on any atom is -0.309 e. The van der Waals surface area contributed by atoms with E-state index in [1.54, 1.807) is 0 Å². The van der Waals surface area contributed by atoms with Crippen molar-refractivity contribution in [3.63, 3.8) is 0 Å². The fourth-order valence-electron chi connectivity index (χ4n) is 8.71. The summed E-state index contributed by atoms with van der Waals surface area (Å²) in [6.45, 7) is 0. The molecule has 2 heterocycles. The number of nitrogens with zero attached hydrogens (tertiary/aromatic N) is 2. The van der Waals surface area contributed by atoms with Crippen molar-refractivity contribution in [2.75, 3.05) is 0 Å². The Hall–Kier alpha value is -7.42. The summed E-state index contributed by atoms with van der Waals surface area (Å²) in [4.78, 5) is 0. The SMILES string of the molecule is c1ccc(-c2cccc(-n3c4ccccc4c4cc(-c5ccc6c7ccccc7n(-c7ccc(-c8ccccc8)c(-c8ccccc8)c7)c6c5)ccc43)c2)cc1. The predicted molar refractivity (Wildman–Crippen MR) is 237 cm³/mol. The zero-order chi connectivity index (χ0) is 37.0. The van der Waals surface area contributed by atoms with E-state index in [-0.39, 0.29) is 0 Å². The van der Waals surface area contributed by atoms with Crippen molar-refractivity contribution >= 4 is 43.6 Å². The van der Waals surface area contributed by atoms with E-state index in [1.165, 1.54) is 88.1 Å². The lowest BCUT2D eigenvalue weighted by Crippen LogP contribution is -1.96. The van der Waals surface area contributed by atoms with Gasteiger partial charge in [0.1, 0.15) is 0 Å². The second-order valence-corrected chi connectivity index (χ2v) is 14.5. The number of para-hydroxylation sites is 2. The number of fused-ring (bicyclic) bond motifs is 6. The summed E-state index contributed by atoms with van der Waals surface area (Å²) in [5, 5.41) is 4.98. The van der Waals surface area contributed by atoms with Crippen LogP contribution in [0.5, 0.6) is 0 Å². The summed E-state index contributed by atoms with van der Waals surface area (Å²) in [5.74, 6) is 0. The highest BCUT2D eigenvalue weighted by molar-refractivity contribution is 6.12. The maximum Gasteiger partial charge on any atom is 0.0547 e. The molecule has 2 aromatic heterocycles. The fraction of sp³-hybridized carbons (Fsp3) is 0. The molecular weight excluding hydrogens is 677 g/mol. The second-order valence-electron chi connectivity index (χ2n) is 14.5. The highest BCUT2D eigenvalue weighted by Crippen LogP contribution is 2.40. The minimum atomic E-state index is 1.14. The smallest absolute Gasteiger partial charge is 0.0547 e. The molecule has 0 bridgehead atoms. The minimum absolute atomic E-state index is 1.14. The van der Waals surface area contributed by atoms with Gasteiger partial charge in [0.15, 0.2) is 0 Å². The van der Waals surface area contributed by atoms with E-state index in [4.69, 9.17) is 0 Å². The molecular formula is C54H36N2. The third kappa shape index (κ3) is 5.26. The Morgan fingerprint density at radius 1 is 0.214 bits per heavy atom. The van der Waals surface area contributed by atoms with Gasteiger partial charge in [-0.15, -0.1) is 0 Å². The molecule has 11 aromatic rings. The molecule has 2 nitrogen and oxygen atoms in total. The molecule has 0 aliphatic rings. The van der Waals surface area contributed by atoms with Gasteiger partial charge in [-0.05, 0) is 99.1 Å². The molecule has 0 aliphatic heterocycles. The van der Waals surface area contributed by atoms with Gasteiger partial charge in [0.2, 0.25) is 0 Å². The van der Waals surface area contributed by atoms with Crippen LogP contribution in [0.3, 0.4) is 0 Å². The van der Waals surface area contributed by atoms with Crippen molar-refractivity contribution in [2.24, 2.45) is 0 Å². The van der Waals surface area contributed by atoms with Crippen molar-refractivity contribution in [3.05, 3.63) is 218 Å². The molecule has 0 unspecified atom stereocenters. The normalized spacial score (nSPS) is 11.6. The highest BCUT2D eigenvalue weighted by atomic mass is 15.0. The second kappa shape index (κ2) is 13.2. The molecule has 0 fully saturated rings. The van der Waals surface area contributed by atoms with Crippen LogP contribution in [-0.2, 0) is 0 Å². The van der Waals surface area contributed by atoms with E-state index in [0.717, 1.165) is 11.4 Å². The van der Waals surface area contributed by atoms with Gasteiger partial charge in [-0.25, -0.2) is 0 Å². The Morgan fingerprint density at radius 3 is 1.41 bits per heavy atom. The Kier molecular flexibility index (Phi) is 7.53. The molecule has 2 heteroatoms. The van der Waals surface area contributed by atoms with Gasteiger partial charge in [0, 0.05) is 32.9 Å². The third-order valence-corrected chi connectivity index (χ3v) is 11.3. The average Bonchev–Trinajstić information content (AvgIpc) is 3.79. The zero-order valence-electron chi connectivity index (χ0n) is 30.7. The maximum absolute atomic E-state index is 2.44. The van der Waals surface area contributed by atoms with Gasteiger partial charge in [-0.3, -0.25) is 0 Å². The summed E-state index contributed by atoms with van der Waals surface area (Å²) >= 11 is 0. The molecule has 9 aromatic carbocycles. The molecule has 0 amide bonds. The molecule has 0 N–H and O–H groups in total. The topological polar surface area (TPSA) is 9.86 Å². The number of benzene rings is 9. The summed E-state index contributed by atoms with van der Waals surface area (Å²) in [6.07, 6.45) is 0. The molecule has 56 heavy (non-hydrogen) atoms. The van der Waals surface area contributed by atoms with Gasteiger partial charge >= 0.3 is 0 Å². The van der Waals surface area contributed by atoms with Crippen LogP contribution in [0.15, 0.2) is 218 Å². The molecule has 0 atom stereocenters. The molecule has 0 saturated heterocycles. The van der Waals surface area contributed by atoms with Gasteiger partial charge in [-0.2, -0.15) is 0 Å². The Balaban J connectivity index is 1.09. The van der Waals surface area contributed by atoms with Crippen molar-refractivity contribution < 1.29 is 0 Å². The molecule has 0 aliphatic carbocycles. The standard InChI is InChI=1S/C54H36N2/c1-4-15-37(16-5-1)40-21-14-22-43(33-40)55-52-26-13-11-24-47(52)50-34-41(28-32-53(50)55)42-27-30-48-46-23-10-12-25-51(46)56(54(48)35-42)44-29-31-45(38-17-6-2-7-18-38)49(36-44)39-19-8-3-9-20-39/h1-36H. The van der Waals surface area contributed by atoms with Crippen LogP contribution < -0.4 is 0 Å². The van der Waals surface area contributed by atoms with E-state index < -0.39 is 0 Å². The summed E-state index contributed by atoms with van der Waals surface area (Å²) in [5.41, 5.74) is 16.7. The first-order valence-electron chi connectivity index (χ1n) is 19.3. The quantitative estimate of drug-likeness (QED) is 0.162. The average molecular weight is 713 g/mol. The highest BCUT2D eigenvalue weighted by Gasteiger charge is 2.18. The van der Waals surface area contributed by atoms with Crippen molar-refractivity contribution in [3.8, 4) is 55.9 Å². The van der Waals surface area contributed by atoms with Crippen LogP contribution in [0.1, 0.15) is 0 Å². The van der Waals surface area contributed by atoms with Crippen LogP contribution >= 0.6 is 0 Å². The molecule has 0 radical (unpaired) electrons. The summed E-state index contributed by atoms with van der Waals surface area (Å²) in [6, 6.07) is 79.4. The number of aromatic nitrogens is 2. The molecule has 11 rings (SSSR count). The Labute approximate surface area is 325 Å². The lowest BCUT2D eigenvalue weighted by molar-refractivity contribution is 1.18. The van der Waals surface area contributed by atoms with Crippen molar-refractivity contribution in [2.45, 2.75) is 0 Å². The van der Waals surface area contributed by atoms with Crippen LogP contribution in [0.4, 0.5) is 0 Å².